The number of benzene rings is 1. The second kappa shape index (κ2) is 7.59. The second-order valence-corrected chi connectivity index (χ2v) is 4.06. The van der Waals surface area contributed by atoms with Crippen molar-refractivity contribution in [3.63, 3.8) is 0 Å². The number of carbonyl (C=O) groups is 1. The minimum atomic E-state index is 0.543. The lowest BCUT2D eigenvalue weighted by molar-refractivity contribution is -0.109. The van der Waals surface area contributed by atoms with E-state index in [2.05, 4.69) is 29.4 Å². The zero-order valence-corrected chi connectivity index (χ0v) is 9.91. The molecule has 16 heavy (non-hydrogen) atoms. The summed E-state index contributed by atoms with van der Waals surface area (Å²) in [5.41, 5.74) is 1.32. The van der Waals surface area contributed by atoms with Gasteiger partial charge < -0.3 is 5.32 Å². The number of amides is 1. The fourth-order valence-corrected chi connectivity index (χ4v) is 1.57. The average molecular weight is 234 g/mol. The smallest absolute Gasteiger partial charge is 0.207 e. The fraction of sp³-hybridized carbons (Fsp3) is 0.167. The van der Waals surface area contributed by atoms with Crippen molar-refractivity contribution >= 4 is 17.7 Å². The Kier molecular flexibility index (Phi) is 5.88. The van der Waals surface area contributed by atoms with Gasteiger partial charge in [-0.2, -0.15) is 0 Å². The van der Waals surface area contributed by atoms with Crippen LogP contribution in [0.3, 0.4) is 0 Å². The molecule has 1 aromatic carbocycles. The minimum Gasteiger partial charge on any atom is -0.352 e. The molecule has 0 aliphatic heterocycles. The van der Waals surface area contributed by atoms with Crippen molar-refractivity contribution in [2.45, 2.75) is 13.5 Å². The predicted octanol–water partition coefficient (Wildman–Crippen LogP) is 2.38. The highest BCUT2D eigenvalue weighted by Gasteiger charge is 1.89. The van der Waals surface area contributed by atoms with Gasteiger partial charge in [0, 0.05) is 11.6 Å². The average Bonchev–Trinajstić information content (AvgIpc) is 2.81. The molecule has 1 heterocycles. The number of aryl methyl sites for hydroxylation is 1. The van der Waals surface area contributed by atoms with Crippen LogP contribution in [0.25, 0.3) is 0 Å². The third kappa shape index (κ3) is 5.26. The third-order valence-corrected chi connectivity index (χ3v) is 2.54. The number of hydrogen-bond donors (Lipinski definition) is 1. The van der Waals surface area contributed by atoms with Crippen LogP contribution in [0.15, 0.2) is 41.9 Å². The number of thiazole rings is 1. The molecule has 4 heteroatoms. The van der Waals surface area contributed by atoms with Gasteiger partial charge in [-0.05, 0) is 6.92 Å². The van der Waals surface area contributed by atoms with Gasteiger partial charge in [-0.25, -0.2) is 4.98 Å². The van der Waals surface area contributed by atoms with E-state index < -0.39 is 0 Å². The topological polar surface area (TPSA) is 42.0 Å². The summed E-state index contributed by atoms with van der Waals surface area (Å²) in [5.74, 6) is 0. The maximum atomic E-state index is 9.77. The van der Waals surface area contributed by atoms with Gasteiger partial charge in [0.1, 0.15) is 5.01 Å². The van der Waals surface area contributed by atoms with E-state index in [1.807, 2.05) is 23.6 Å². The Hall–Kier alpha value is -1.68. The van der Waals surface area contributed by atoms with Gasteiger partial charge in [0.05, 0.1) is 6.54 Å². The Morgan fingerprint density at radius 1 is 1.38 bits per heavy atom. The van der Waals surface area contributed by atoms with Crippen molar-refractivity contribution in [3.05, 3.63) is 52.5 Å². The standard InChI is InChI=1S/C7H8.C5H6N2OS/c1-7-5-3-2-4-6-7;8-4-6-3-5-7-1-2-9-5/h2-6H,1H3;1-2,4H,3H2,(H,6,8). The first-order valence-electron chi connectivity index (χ1n) is 4.90. The van der Waals surface area contributed by atoms with Gasteiger partial charge in [-0.3, -0.25) is 4.79 Å². The van der Waals surface area contributed by atoms with Crippen LogP contribution in [-0.2, 0) is 11.3 Å². The SMILES string of the molecule is Cc1ccccc1.O=CNCc1nccs1. The molecule has 0 saturated carbocycles. The number of carbonyl (C=O) groups excluding carboxylic acids is 1. The van der Waals surface area contributed by atoms with Crippen molar-refractivity contribution < 1.29 is 4.79 Å². The summed E-state index contributed by atoms with van der Waals surface area (Å²) in [7, 11) is 0. The van der Waals surface area contributed by atoms with Crippen molar-refractivity contribution in [3.8, 4) is 0 Å². The molecule has 2 rings (SSSR count). The largest absolute Gasteiger partial charge is 0.352 e. The summed E-state index contributed by atoms with van der Waals surface area (Å²) in [6, 6.07) is 10.3. The van der Waals surface area contributed by atoms with Crippen LogP contribution in [-0.4, -0.2) is 11.4 Å². The molecule has 0 fully saturated rings. The van der Waals surface area contributed by atoms with Gasteiger partial charge in [-0.15, -0.1) is 11.3 Å². The van der Waals surface area contributed by atoms with E-state index in [-0.39, 0.29) is 0 Å². The van der Waals surface area contributed by atoms with Crippen molar-refractivity contribution in [2.24, 2.45) is 0 Å². The summed E-state index contributed by atoms with van der Waals surface area (Å²) < 4.78 is 0. The Labute approximate surface area is 99.2 Å². The van der Waals surface area contributed by atoms with Crippen LogP contribution in [0.4, 0.5) is 0 Å². The highest BCUT2D eigenvalue weighted by Crippen LogP contribution is 2.01. The molecule has 0 unspecified atom stereocenters. The summed E-state index contributed by atoms with van der Waals surface area (Å²) in [6.07, 6.45) is 2.38. The van der Waals surface area contributed by atoms with Gasteiger partial charge in [0.2, 0.25) is 6.41 Å². The van der Waals surface area contributed by atoms with E-state index in [1.165, 1.54) is 16.9 Å². The summed E-state index contributed by atoms with van der Waals surface area (Å²) >= 11 is 1.53. The van der Waals surface area contributed by atoms with Gasteiger partial charge in [0.25, 0.3) is 0 Å². The molecule has 2 aromatic rings. The zero-order chi connectivity index (χ0) is 11.6. The Bertz CT molecular complexity index is 387. The van der Waals surface area contributed by atoms with Crippen LogP contribution in [0, 0.1) is 6.92 Å². The zero-order valence-electron chi connectivity index (χ0n) is 9.09. The Balaban J connectivity index is 0.000000165. The molecule has 3 nitrogen and oxygen atoms in total. The summed E-state index contributed by atoms with van der Waals surface area (Å²) in [6.45, 7) is 2.63. The van der Waals surface area contributed by atoms with Crippen molar-refractivity contribution in [1.29, 1.82) is 0 Å². The van der Waals surface area contributed by atoms with E-state index in [0.29, 0.717) is 13.0 Å². The number of hydrogen-bond acceptors (Lipinski definition) is 3. The molecule has 84 valence electrons. The van der Waals surface area contributed by atoms with E-state index in [9.17, 15) is 4.79 Å². The first-order chi connectivity index (χ1) is 7.83. The molecule has 0 saturated heterocycles. The van der Waals surface area contributed by atoms with E-state index in [1.54, 1.807) is 6.20 Å². The molecular weight excluding hydrogens is 220 g/mol. The van der Waals surface area contributed by atoms with Gasteiger partial charge in [-0.1, -0.05) is 35.9 Å². The van der Waals surface area contributed by atoms with E-state index in [4.69, 9.17) is 0 Å². The number of rotatable bonds is 3. The maximum Gasteiger partial charge on any atom is 0.207 e. The highest BCUT2D eigenvalue weighted by molar-refractivity contribution is 7.09. The molecule has 1 amide bonds. The van der Waals surface area contributed by atoms with E-state index >= 15 is 0 Å². The first-order valence-corrected chi connectivity index (χ1v) is 5.78. The Morgan fingerprint density at radius 2 is 2.12 bits per heavy atom. The van der Waals surface area contributed by atoms with E-state index in [0.717, 1.165) is 5.01 Å². The van der Waals surface area contributed by atoms with Crippen molar-refractivity contribution in [1.82, 2.24) is 10.3 Å². The number of nitrogens with one attached hydrogen (secondary N) is 1. The lowest BCUT2D eigenvalue weighted by Crippen LogP contribution is -2.08. The lowest BCUT2D eigenvalue weighted by Gasteiger charge is -1.88. The molecule has 0 atom stereocenters. The molecular formula is C12H14N2OS. The van der Waals surface area contributed by atoms with Gasteiger partial charge in [0.15, 0.2) is 0 Å². The van der Waals surface area contributed by atoms with Crippen molar-refractivity contribution in [2.75, 3.05) is 0 Å². The number of nitrogens with zero attached hydrogens (tertiary/aromatic N) is 1. The third-order valence-electron chi connectivity index (χ3n) is 1.76. The molecule has 1 N–H and O–H groups in total. The quantitative estimate of drug-likeness (QED) is 0.828. The first kappa shape index (κ1) is 12.4. The van der Waals surface area contributed by atoms with Crippen LogP contribution < -0.4 is 5.32 Å². The maximum absolute atomic E-state index is 9.77. The normalized spacial score (nSPS) is 8.81. The lowest BCUT2D eigenvalue weighted by atomic mass is 10.2. The van der Waals surface area contributed by atoms with Crippen LogP contribution in [0.2, 0.25) is 0 Å². The van der Waals surface area contributed by atoms with Crippen LogP contribution >= 0.6 is 11.3 Å². The molecule has 0 radical (unpaired) electrons. The minimum absolute atomic E-state index is 0.543. The fourth-order valence-electron chi connectivity index (χ4n) is 1.00. The van der Waals surface area contributed by atoms with Gasteiger partial charge >= 0.3 is 0 Å². The molecule has 1 aromatic heterocycles. The summed E-state index contributed by atoms with van der Waals surface area (Å²) in [5, 5.41) is 5.33. The number of aromatic nitrogens is 1. The molecule has 0 bridgehead atoms. The molecule has 0 aliphatic carbocycles. The monoisotopic (exact) mass is 234 g/mol. The summed E-state index contributed by atoms with van der Waals surface area (Å²) in [4.78, 5) is 13.7. The molecule has 0 aliphatic rings. The molecule has 0 spiro atoms. The predicted molar refractivity (Wildman–Crippen MR) is 66.2 cm³/mol. The Morgan fingerprint density at radius 3 is 2.56 bits per heavy atom. The van der Waals surface area contributed by atoms with Crippen LogP contribution in [0.1, 0.15) is 10.6 Å². The highest BCUT2D eigenvalue weighted by atomic mass is 32.1. The second-order valence-electron chi connectivity index (χ2n) is 3.08. The van der Waals surface area contributed by atoms with Crippen LogP contribution in [0.5, 0.6) is 0 Å².